The molecule has 2 atom stereocenters. The predicted octanol–water partition coefficient (Wildman–Crippen LogP) is 8.24. The van der Waals surface area contributed by atoms with Crippen molar-refractivity contribution in [3.05, 3.63) is 178 Å². The normalized spacial score (nSPS) is 26.2. The van der Waals surface area contributed by atoms with E-state index in [0.717, 1.165) is 19.3 Å². The number of rotatable bonds is 4. The summed E-state index contributed by atoms with van der Waals surface area (Å²) < 4.78 is 0. The van der Waals surface area contributed by atoms with Crippen molar-refractivity contribution in [2.75, 3.05) is 0 Å². The average molecular weight is 475 g/mol. The molecule has 5 aromatic rings. The van der Waals surface area contributed by atoms with Crippen LogP contribution in [0.5, 0.6) is 0 Å². The summed E-state index contributed by atoms with van der Waals surface area (Å²) in [5.41, 5.74) is 12.2. The van der Waals surface area contributed by atoms with E-state index < -0.39 is 0 Å². The highest BCUT2D eigenvalue weighted by Crippen LogP contribution is 2.78. The lowest BCUT2D eigenvalue weighted by molar-refractivity contribution is 0.155. The van der Waals surface area contributed by atoms with Crippen LogP contribution in [-0.2, 0) is 24.7 Å². The third kappa shape index (κ3) is 2.63. The second-order valence-electron chi connectivity index (χ2n) is 11.3. The van der Waals surface area contributed by atoms with Gasteiger partial charge in [-0.25, -0.2) is 0 Å². The largest absolute Gasteiger partial charge is 0.0622 e. The number of hydrogen-bond donors (Lipinski definition) is 0. The molecule has 5 aromatic carbocycles. The molecule has 0 saturated carbocycles. The topological polar surface area (TPSA) is 0 Å². The van der Waals surface area contributed by atoms with Crippen molar-refractivity contribution in [2.24, 2.45) is 5.41 Å². The summed E-state index contributed by atoms with van der Waals surface area (Å²) in [6.45, 7) is 0. The Hall–Kier alpha value is -3.90. The quantitative estimate of drug-likeness (QED) is 0.246. The molecule has 0 amide bonds. The van der Waals surface area contributed by atoms with E-state index in [1.54, 1.807) is 33.4 Å². The zero-order chi connectivity index (χ0) is 24.5. The minimum absolute atomic E-state index is 0.0652. The Morgan fingerprint density at radius 1 is 0.459 bits per heavy atom. The number of benzene rings is 5. The SMILES string of the molecule is c1ccc(CC2c3ccccc3C34c5ccccc5CC23C(Cc2ccccc2)c2ccccc24)cc1. The molecule has 0 nitrogen and oxygen atoms in total. The molecule has 37 heavy (non-hydrogen) atoms. The summed E-state index contributed by atoms with van der Waals surface area (Å²) in [6.07, 6.45) is 3.28. The zero-order valence-electron chi connectivity index (χ0n) is 21.0. The predicted molar refractivity (Wildman–Crippen MR) is 151 cm³/mol. The van der Waals surface area contributed by atoms with Crippen LogP contribution in [0.2, 0.25) is 0 Å². The lowest BCUT2D eigenvalue weighted by Gasteiger charge is -2.45. The third-order valence-electron chi connectivity index (χ3n) is 9.89. The van der Waals surface area contributed by atoms with Gasteiger partial charge in [-0.05, 0) is 75.6 Å². The van der Waals surface area contributed by atoms with Gasteiger partial charge in [-0.3, -0.25) is 0 Å². The van der Waals surface area contributed by atoms with Gasteiger partial charge in [0, 0.05) is 5.41 Å². The van der Waals surface area contributed by atoms with E-state index in [1.165, 1.54) is 11.1 Å². The summed E-state index contributed by atoms with van der Waals surface area (Å²) in [5, 5.41) is 0. The second kappa shape index (κ2) is 7.80. The lowest BCUT2D eigenvalue weighted by atomic mass is 9.56. The van der Waals surface area contributed by atoms with E-state index in [0.29, 0.717) is 11.8 Å². The molecule has 0 spiro atoms. The molecule has 0 bridgehead atoms. The fraction of sp³-hybridized carbons (Fsp3) is 0.189. The molecule has 0 aliphatic heterocycles. The minimum atomic E-state index is -0.102. The summed E-state index contributed by atoms with van der Waals surface area (Å²) in [6, 6.07) is 50.7. The molecule has 0 fully saturated rings. The van der Waals surface area contributed by atoms with Gasteiger partial charge in [-0.15, -0.1) is 0 Å². The second-order valence-corrected chi connectivity index (χ2v) is 11.3. The van der Waals surface area contributed by atoms with E-state index in [4.69, 9.17) is 0 Å². The Kier molecular flexibility index (Phi) is 4.47. The Morgan fingerprint density at radius 2 is 0.892 bits per heavy atom. The number of fused-ring (bicyclic) bond motifs is 3. The van der Waals surface area contributed by atoms with E-state index in [9.17, 15) is 0 Å². The number of hydrogen-bond acceptors (Lipinski definition) is 0. The van der Waals surface area contributed by atoms with Crippen LogP contribution < -0.4 is 0 Å². The molecule has 8 rings (SSSR count). The first-order chi connectivity index (χ1) is 18.3. The van der Waals surface area contributed by atoms with Gasteiger partial charge >= 0.3 is 0 Å². The monoisotopic (exact) mass is 474 g/mol. The van der Waals surface area contributed by atoms with Gasteiger partial charge in [-0.2, -0.15) is 0 Å². The molecule has 3 aliphatic rings. The molecule has 0 N–H and O–H groups in total. The van der Waals surface area contributed by atoms with Gasteiger partial charge < -0.3 is 0 Å². The van der Waals surface area contributed by atoms with Crippen molar-refractivity contribution in [1.29, 1.82) is 0 Å². The summed E-state index contributed by atoms with van der Waals surface area (Å²) in [4.78, 5) is 0. The highest BCUT2D eigenvalue weighted by molar-refractivity contribution is 5.73. The van der Waals surface area contributed by atoms with Crippen molar-refractivity contribution >= 4 is 0 Å². The molecule has 178 valence electrons. The minimum Gasteiger partial charge on any atom is -0.0622 e. The van der Waals surface area contributed by atoms with E-state index in [1.807, 2.05) is 0 Å². The van der Waals surface area contributed by atoms with E-state index >= 15 is 0 Å². The average Bonchev–Trinajstić information content (AvgIpc) is 3.48. The molecular weight excluding hydrogens is 444 g/mol. The Labute approximate surface area is 219 Å². The summed E-state index contributed by atoms with van der Waals surface area (Å²) in [7, 11) is 0. The van der Waals surface area contributed by atoms with Gasteiger partial charge in [-0.1, -0.05) is 133 Å². The van der Waals surface area contributed by atoms with Gasteiger partial charge in [0.2, 0.25) is 0 Å². The molecule has 2 unspecified atom stereocenters. The van der Waals surface area contributed by atoms with Crippen molar-refractivity contribution in [3.63, 3.8) is 0 Å². The Bertz CT molecular complexity index is 1520. The van der Waals surface area contributed by atoms with Gasteiger partial charge in [0.1, 0.15) is 0 Å². The standard InChI is InChI=1S/C37H30/c1-3-13-26(14-4-1)23-34-29-18-8-11-21-32(29)37-31-20-10-7-17-28(31)25-36(34,37)35(24-27-15-5-2-6-16-27)30-19-9-12-22-33(30)37/h1-22,34-35H,23-25H2. The molecule has 3 aliphatic carbocycles. The smallest absolute Gasteiger partial charge is 0.0530 e. The van der Waals surface area contributed by atoms with Crippen LogP contribution in [0.4, 0.5) is 0 Å². The maximum atomic E-state index is 2.46. The third-order valence-corrected chi connectivity index (χ3v) is 9.89. The molecule has 0 aromatic heterocycles. The molecule has 0 saturated heterocycles. The van der Waals surface area contributed by atoms with Gasteiger partial charge in [0.15, 0.2) is 0 Å². The highest BCUT2D eigenvalue weighted by Gasteiger charge is 2.73. The molecule has 0 heteroatoms. The van der Waals surface area contributed by atoms with Crippen molar-refractivity contribution in [1.82, 2.24) is 0 Å². The summed E-state index contributed by atoms with van der Waals surface area (Å²) >= 11 is 0. The van der Waals surface area contributed by atoms with Crippen molar-refractivity contribution < 1.29 is 0 Å². The maximum Gasteiger partial charge on any atom is 0.0530 e. The van der Waals surface area contributed by atoms with Crippen LogP contribution in [-0.4, -0.2) is 0 Å². The van der Waals surface area contributed by atoms with Crippen LogP contribution >= 0.6 is 0 Å². The fourth-order valence-corrected chi connectivity index (χ4v) is 8.81. The first-order valence-electron chi connectivity index (χ1n) is 13.7. The van der Waals surface area contributed by atoms with Crippen molar-refractivity contribution in [3.8, 4) is 0 Å². The van der Waals surface area contributed by atoms with Crippen LogP contribution in [0, 0.1) is 5.41 Å². The maximum absolute atomic E-state index is 2.46. The van der Waals surface area contributed by atoms with E-state index in [-0.39, 0.29) is 10.8 Å². The fourth-order valence-electron chi connectivity index (χ4n) is 8.81. The summed E-state index contributed by atoms with van der Waals surface area (Å²) in [5.74, 6) is 0.888. The van der Waals surface area contributed by atoms with Crippen molar-refractivity contribution in [2.45, 2.75) is 36.5 Å². The van der Waals surface area contributed by atoms with E-state index in [2.05, 4.69) is 133 Å². The zero-order valence-corrected chi connectivity index (χ0v) is 21.0. The lowest BCUT2D eigenvalue weighted by Crippen LogP contribution is -2.43. The first-order valence-corrected chi connectivity index (χ1v) is 13.7. The Morgan fingerprint density at radius 3 is 1.43 bits per heavy atom. The van der Waals surface area contributed by atoms with Crippen LogP contribution in [0.1, 0.15) is 56.3 Å². The highest BCUT2D eigenvalue weighted by atomic mass is 14.7. The molecule has 0 radical (unpaired) electrons. The van der Waals surface area contributed by atoms with Crippen LogP contribution in [0.25, 0.3) is 0 Å². The van der Waals surface area contributed by atoms with Gasteiger partial charge in [0.05, 0.1) is 5.41 Å². The molecule has 0 heterocycles. The van der Waals surface area contributed by atoms with Crippen LogP contribution in [0.15, 0.2) is 133 Å². The van der Waals surface area contributed by atoms with Gasteiger partial charge in [0.25, 0.3) is 0 Å². The molecular formula is C37H30. The first kappa shape index (κ1) is 21.2. The Balaban J connectivity index is 1.46. The van der Waals surface area contributed by atoms with Crippen LogP contribution in [0.3, 0.4) is 0 Å².